The molecule has 0 aliphatic heterocycles. The number of carbonyl (C=O) groups is 2. The van der Waals surface area contributed by atoms with Crippen LogP contribution in [-0.2, 0) is 25.5 Å². The summed E-state index contributed by atoms with van der Waals surface area (Å²) in [5.41, 5.74) is 4.05. The normalized spacial score (nSPS) is 15.7. The molecule has 0 unspecified atom stereocenters. The first-order valence-electron chi connectivity index (χ1n) is 11.1. The number of rotatable bonds is 6. The summed E-state index contributed by atoms with van der Waals surface area (Å²) in [4.78, 5) is 25.6. The second-order valence-corrected chi connectivity index (χ2v) is 8.82. The monoisotopic (exact) mass is 442 g/mol. The molecule has 3 rings (SSSR count). The van der Waals surface area contributed by atoms with Gasteiger partial charge >= 0.3 is 11.9 Å². The number of hydrogen-bond acceptors (Lipinski definition) is 4. The van der Waals surface area contributed by atoms with E-state index in [4.69, 9.17) is 21.1 Å². The van der Waals surface area contributed by atoms with Crippen LogP contribution < -0.4 is 0 Å². The number of hydrogen-bond donors (Lipinski definition) is 0. The third kappa shape index (κ3) is 5.68. The Hall–Kier alpha value is -2.33. The summed E-state index contributed by atoms with van der Waals surface area (Å²) in [6.07, 6.45) is 5.01. The molecule has 2 aromatic rings. The van der Waals surface area contributed by atoms with Crippen molar-refractivity contribution in [3.63, 3.8) is 0 Å². The van der Waals surface area contributed by atoms with Gasteiger partial charge in [-0.15, -0.1) is 0 Å². The van der Waals surface area contributed by atoms with Crippen molar-refractivity contribution < 1.29 is 19.1 Å². The van der Waals surface area contributed by atoms with Crippen LogP contribution in [-0.4, -0.2) is 24.1 Å². The summed E-state index contributed by atoms with van der Waals surface area (Å²) in [6.45, 7) is 6.08. The molecule has 0 N–H and O–H groups in total. The highest BCUT2D eigenvalue weighted by molar-refractivity contribution is 6.30. The van der Waals surface area contributed by atoms with Crippen molar-refractivity contribution in [1.82, 2.24) is 0 Å². The Bertz CT molecular complexity index is 925. The van der Waals surface area contributed by atoms with E-state index in [0.717, 1.165) is 53.5 Å². The number of ether oxygens (including phenoxy) is 2. The molecule has 0 bridgehead atoms. The molecule has 0 atom stereocenters. The van der Waals surface area contributed by atoms with Gasteiger partial charge in [-0.05, 0) is 86.4 Å². The van der Waals surface area contributed by atoms with Gasteiger partial charge in [-0.25, -0.2) is 4.79 Å². The Morgan fingerprint density at radius 1 is 0.968 bits per heavy atom. The maximum atomic E-state index is 12.9. The number of aryl methyl sites for hydroxylation is 2. The molecular formula is C26H31ClO4. The van der Waals surface area contributed by atoms with E-state index in [-0.39, 0.29) is 19.0 Å². The van der Waals surface area contributed by atoms with Gasteiger partial charge in [0, 0.05) is 5.02 Å². The maximum absolute atomic E-state index is 12.9. The van der Waals surface area contributed by atoms with Crippen molar-refractivity contribution >= 4 is 23.5 Å². The first kappa shape index (κ1) is 23.3. The zero-order valence-corrected chi connectivity index (χ0v) is 19.4. The molecule has 0 spiro atoms. The van der Waals surface area contributed by atoms with Gasteiger partial charge in [0.25, 0.3) is 0 Å². The largest absolute Gasteiger partial charge is 0.463 e. The van der Waals surface area contributed by atoms with E-state index in [1.54, 1.807) is 6.92 Å². The van der Waals surface area contributed by atoms with Crippen LogP contribution in [0.4, 0.5) is 0 Å². The second kappa shape index (κ2) is 10.3. The fraction of sp³-hybridized carbons (Fsp3) is 0.462. The van der Waals surface area contributed by atoms with E-state index in [2.05, 4.69) is 6.07 Å². The summed E-state index contributed by atoms with van der Waals surface area (Å²) in [7, 11) is 0. The molecule has 166 valence electrons. The van der Waals surface area contributed by atoms with Crippen molar-refractivity contribution in [1.29, 1.82) is 0 Å². The smallest absolute Gasteiger partial charge is 0.350 e. The van der Waals surface area contributed by atoms with Crippen LogP contribution in [0, 0.1) is 13.8 Å². The van der Waals surface area contributed by atoms with Crippen LogP contribution in [0.15, 0.2) is 36.4 Å². The van der Waals surface area contributed by atoms with Gasteiger partial charge in [0.05, 0.1) is 13.0 Å². The molecular weight excluding hydrogens is 412 g/mol. The first-order chi connectivity index (χ1) is 14.8. The molecule has 0 radical (unpaired) electrons. The van der Waals surface area contributed by atoms with Gasteiger partial charge < -0.3 is 9.47 Å². The molecule has 4 nitrogen and oxygen atoms in total. The van der Waals surface area contributed by atoms with Crippen molar-refractivity contribution in [3.8, 4) is 11.1 Å². The SMILES string of the molecule is CCOC(=O)C1(OC(=O)Cc2cc(C)c(-c3ccc(Cl)cc3)cc2C)CCCCCC1. The predicted molar refractivity (Wildman–Crippen MR) is 123 cm³/mol. The lowest BCUT2D eigenvalue weighted by molar-refractivity contribution is -0.184. The van der Waals surface area contributed by atoms with E-state index in [9.17, 15) is 9.59 Å². The molecule has 0 heterocycles. The molecule has 0 aromatic heterocycles. The van der Waals surface area contributed by atoms with Gasteiger partial charge in [-0.3, -0.25) is 4.79 Å². The molecule has 5 heteroatoms. The fourth-order valence-corrected chi connectivity index (χ4v) is 4.45. The Morgan fingerprint density at radius 2 is 1.61 bits per heavy atom. The predicted octanol–water partition coefficient (Wildman–Crippen LogP) is 6.37. The highest BCUT2D eigenvalue weighted by atomic mass is 35.5. The van der Waals surface area contributed by atoms with Crippen molar-refractivity contribution in [3.05, 3.63) is 58.1 Å². The highest BCUT2D eigenvalue weighted by Crippen LogP contribution is 2.33. The van der Waals surface area contributed by atoms with Crippen LogP contribution in [0.5, 0.6) is 0 Å². The lowest BCUT2D eigenvalue weighted by Crippen LogP contribution is -2.44. The van der Waals surface area contributed by atoms with Crippen molar-refractivity contribution in [2.75, 3.05) is 6.61 Å². The summed E-state index contributed by atoms with van der Waals surface area (Å²) in [5, 5.41) is 0.700. The lowest BCUT2D eigenvalue weighted by Gasteiger charge is -2.30. The fourth-order valence-electron chi connectivity index (χ4n) is 4.33. The average Bonchev–Trinajstić information content (AvgIpc) is 2.98. The van der Waals surface area contributed by atoms with E-state index in [1.807, 2.05) is 44.2 Å². The molecule has 1 saturated carbocycles. The summed E-state index contributed by atoms with van der Waals surface area (Å²) < 4.78 is 11.2. The van der Waals surface area contributed by atoms with Crippen molar-refractivity contribution in [2.24, 2.45) is 0 Å². The summed E-state index contributed by atoms with van der Waals surface area (Å²) in [5.74, 6) is -0.784. The quantitative estimate of drug-likeness (QED) is 0.385. The third-order valence-electron chi connectivity index (χ3n) is 6.04. The Labute approximate surface area is 189 Å². The molecule has 31 heavy (non-hydrogen) atoms. The average molecular weight is 443 g/mol. The Kier molecular flexibility index (Phi) is 7.77. The summed E-state index contributed by atoms with van der Waals surface area (Å²) >= 11 is 6.01. The van der Waals surface area contributed by atoms with E-state index in [1.165, 1.54) is 0 Å². The van der Waals surface area contributed by atoms with E-state index in [0.29, 0.717) is 17.9 Å². The minimum atomic E-state index is -1.14. The van der Waals surface area contributed by atoms with Crippen molar-refractivity contribution in [2.45, 2.75) is 71.3 Å². The topological polar surface area (TPSA) is 52.6 Å². The Balaban J connectivity index is 1.79. The number of esters is 2. The van der Waals surface area contributed by atoms with Crippen LogP contribution in [0.1, 0.15) is 62.1 Å². The van der Waals surface area contributed by atoms with Crippen LogP contribution in [0.3, 0.4) is 0 Å². The molecule has 0 amide bonds. The van der Waals surface area contributed by atoms with E-state index >= 15 is 0 Å². The van der Waals surface area contributed by atoms with Crippen LogP contribution >= 0.6 is 11.6 Å². The molecule has 2 aromatic carbocycles. The zero-order valence-electron chi connectivity index (χ0n) is 18.6. The zero-order chi connectivity index (χ0) is 22.4. The van der Waals surface area contributed by atoms with Gasteiger partial charge in [0.15, 0.2) is 0 Å². The molecule has 0 saturated heterocycles. The maximum Gasteiger partial charge on any atom is 0.350 e. The minimum Gasteiger partial charge on any atom is -0.463 e. The Morgan fingerprint density at radius 3 is 2.23 bits per heavy atom. The van der Waals surface area contributed by atoms with E-state index < -0.39 is 11.6 Å². The second-order valence-electron chi connectivity index (χ2n) is 8.38. The highest BCUT2D eigenvalue weighted by Gasteiger charge is 2.44. The molecule has 1 fully saturated rings. The number of carbonyl (C=O) groups excluding carboxylic acids is 2. The standard InChI is InChI=1S/C26H31ClO4/c1-4-30-25(29)26(13-7-5-6-8-14-26)31-24(28)17-21-15-19(3)23(16-18(21)2)20-9-11-22(27)12-10-20/h9-12,15-16H,4-8,13-14,17H2,1-3H3. The number of halogens is 1. The van der Waals surface area contributed by atoms with Crippen LogP contribution in [0.2, 0.25) is 5.02 Å². The lowest BCUT2D eigenvalue weighted by atomic mass is 9.93. The van der Waals surface area contributed by atoms with Gasteiger partial charge in [-0.2, -0.15) is 0 Å². The first-order valence-corrected chi connectivity index (χ1v) is 11.5. The minimum absolute atomic E-state index is 0.134. The number of benzene rings is 2. The molecule has 1 aliphatic rings. The van der Waals surface area contributed by atoms with Gasteiger partial charge in [-0.1, -0.05) is 48.7 Å². The molecule has 1 aliphatic carbocycles. The third-order valence-corrected chi connectivity index (χ3v) is 6.29. The van der Waals surface area contributed by atoms with Crippen LogP contribution in [0.25, 0.3) is 11.1 Å². The van der Waals surface area contributed by atoms with Gasteiger partial charge in [0.2, 0.25) is 5.60 Å². The summed E-state index contributed by atoms with van der Waals surface area (Å²) in [6, 6.07) is 11.9. The van der Waals surface area contributed by atoms with Gasteiger partial charge in [0.1, 0.15) is 0 Å².